The largest absolute Gasteiger partial charge is 0.153 e. The molecule has 24 heavy (non-hydrogen) atoms. The molecule has 1 aliphatic heterocycles. The first kappa shape index (κ1) is 15.9. The summed E-state index contributed by atoms with van der Waals surface area (Å²) in [6.07, 6.45) is 3.44. The van der Waals surface area contributed by atoms with Gasteiger partial charge >= 0.3 is 0 Å². The topological polar surface area (TPSA) is 0 Å². The second kappa shape index (κ2) is 6.74. The number of benzene rings is 3. The van der Waals surface area contributed by atoms with Crippen LogP contribution in [-0.4, -0.2) is 7.28 Å². The Morgan fingerprint density at radius 2 is 1.38 bits per heavy atom. The molecule has 0 saturated carbocycles. The summed E-state index contributed by atoms with van der Waals surface area (Å²) in [5.74, 6) is 2.34. The fraction of sp³-hybridized carbons (Fsp3) is 0.0476. The quantitative estimate of drug-likeness (QED) is 0.393. The normalized spacial score (nSPS) is 14.1. The minimum absolute atomic E-state index is 1.09. The van der Waals surface area contributed by atoms with Crippen LogP contribution in [0.15, 0.2) is 81.7 Å². The van der Waals surface area contributed by atoms with E-state index in [4.69, 9.17) is 0 Å². The van der Waals surface area contributed by atoms with Gasteiger partial charge in [-0.25, -0.2) is 0 Å². The van der Waals surface area contributed by atoms with Crippen molar-refractivity contribution in [1.82, 2.24) is 0 Å². The molecular formula is C21H15BBr2. The van der Waals surface area contributed by atoms with Gasteiger partial charge in [-0.2, -0.15) is 0 Å². The van der Waals surface area contributed by atoms with Crippen molar-refractivity contribution < 1.29 is 0 Å². The molecule has 0 unspecified atom stereocenters. The van der Waals surface area contributed by atoms with Crippen molar-refractivity contribution in [3.05, 3.63) is 92.8 Å². The van der Waals surface area contributed by atoms with E-state index in [1.807, 2.05) is 0 Å². The minimum atomic E-state index is 1.09. The van der Waals surface area contributed by atoms with Gasteiger partial charge in [-0.05, 0) is 69.7 Å². The van der Waals surface area contributed by atoms with Crippen LogP contribution in [0.3, 0.4) is 0 Å². The summed E-state index contributed by atoms with van der Waals surface area (Å²) in [5, 5.41) is 2.56. The van der Waals surface area contributed by atoms with E-state index in [9.17, 15) is 0 Å². The molecule has 0 radical (unpaired) electrons. The Kier molecular flexibility index (Phi) is 4.47. The summed E-state index contributed by atoms with van der Waals surface area (Å²) in [6, 6.07) is 21.8. The van der Waals surface area contributed by atoms with E-state index in [1.165, 1.54) is 33.0 Å². The maximum Gasteiger partial charge on any atom is 0.153 e. The predicted molar refractivity (Wildman–Crippen MR) is 114 cm³/mol. The highest BCUT2D eigenvalue weighted by Gasteiger charge is 2.10. The molecule has 0 amide bonds. The van der Waals surface area contributed by atoms with Gasteiger partial charge in [0.1, 0.15) is 0 Å². The molecule has 0 saturated heterocycles. The summed E-state index contributed by atoms with van der Waals surface area (Å²) in [6.45, 7) is 0. The van der Waals surface area contributed by atoms with Crippen LogP contribution < -0.4 is 0 Å². The van der Waals surface area contributed by atoms with E-state index < -0.39 is 0 Å². The van der Waals surface area contributed by atoms with Crippen LogP contribution in [0.25, 0.3) is 21.9 Å². The summed E-state index contributed by atoms with van der Waals surface area (Å²) in [4.78, 5) is 0. The van der Waals surface area contributed by atoms with Gasteiger partial charge < -0.3 is 0 Å². The summed E-state index contributed by atoms with van der Waals surface area (Å²) in [7, 11) is 1.09. The number of fused-ring (bicyclic) bond motifs is 1. The highest BCUT2D eigenvalue weighted by Crippen LogP contribution is 2.31. The van der Waals surface area contributed by atoms with Gasteiger partial charge in [-0.15, -0.1) is 5.98 Å². The third-order valence-corrected chi connectivity index (χ3v) is 5.48. The zero-order valence-corrected chi connectivity index (χ0v) is 16.3. The first-order valence-electron chi connectivity index (χ1n) is 8.05. The zero-order valence-electron chi connectivity index (χ0n) is 13.1. The monoisotopic (exact) mass is 436 g/mol. The summed E-state index contributed by atoms with van der Waals surface area (Å²) >= 11 is 7.05. The van der Waals surface area contributed by atoms with Crippen LogP contribution >= 0.6 is 31.9 Å². The molecule has 0 aromatic heterocycles. The molecule has 0 fully saturated rings. The van der Waals surface area contributed by atoms with Crippen LogP contribution in [0, 0.1) is 0 Å². The third kappa shape index (κ3) is 3.29. The Morgan fingerprint density at radius 3 is 2.21 bits per heavy atom. The van der Waals surface area contributed by atoms with E-state index in [1.54, 1.807) is 0 Å². The molecule has 0 bridgehead atoms. The zero-order chi connectivity index (χ0) is 16.5. The van der Waals surface area contributed by atoms with E-state index >= 15 is 0 Å². The van der Waals surface area contributed by atoms with Gasteiger partial charge in [0.15, 0.2) is 7.28 Å². The van der Waals surface area contributed by atoms with E-state index in [0.717, 1.165) is 22.5 Å². The van der Waals surface area contributed by atoms with Gasteiger partial charge in [0.2, 0.25) is 0 Å². The highest BCUT2D eigenvalue weighted by atomic mass is 79.9. The molecule has 0 atom stereocenters. The number of allylic oxidation sites excluding steroid dienone is 3. The molecular weight excluding hydrogens is 423 g/mol. The Balaban J connectivity index is 1.72. The van der Waals surface area contributed by atoms with Crippen molar-refractivity contribution in [3.8, 4) is 0 Å². The average molecular weight is 438 g/mol. The smallest absolute Gasteiger partial charge is 0.111 e. The van der Waals surface area contributed by atoms with Crippen molar-refractivity contribution in [2.75, 3.05) is 0 Å². The molecule has 0 N–H and O–H groups in total. The minimum Gasteiger partial charge on any atom is -0.111 e. The molecule has 0 nitrogen and oxygen atoms in total. The number of halogens is 2. The van der Waals surface area contributed by atoms with Crippen LogP contribution in [0.5, 0.6) is 0 Å². The predicted octanol–water partition coefficient (Wildman–Crippen LogP) is 6.66. The Hall–Kier alpha value is -1.58. The lowest BCUT2D eigenvalue weighted by Crippen LogP contribution is -1.98. The maximum absolute atomic E-state index is 3.54. The van der Waals surface area contributed by atoms with Crippen molar-refractivity contribution in [2.24, 2.45) is 0 Å². The molecule has 116 valence electrons. The molecule has 4 rings (SSSR count). The van der Waals surface area contributed by atoms with Crippen LogP contribution in [0.2, 0.25) is 6.32 Å². The molecule has 3 heteroatoms. The fourth-order valence-electron chi connectivity index (χ4n) is 3.19. The van der Waals surface area contributed by atoms with Gasteiger partial charge in [0, 0.05) is 8.95 Å². The number of hydrogen-bond acceptors (Lipinski definition) is 0. The molecule has 0 spiro atoms. The van der Waals surface area contributed by atoms with Gasteiger partial charge in [0.25, 0.3) is 0 Å². The lowest BCUT2D eigenvalue weighted by atomic mass is 9.65. The lowest BCUT2D eigenvalue weighted by Gasteiger charge is -2.15. The van der Waals surface area contributed by atoms with E-state index in [2.05, 4.69) is 105 Å². The Morgan fingerprint density at radius 1 is 0.708 bits per heavy atom. The number of rotatable bonds is 2. The lowest BCUT2D eigenvalue weighted by molar-refractivity contribution is 1.54. The Bertz CT molecular complexity index is 969. The fourth-order valence-corrected chi connectivity index (χ4v) is 3.83. The van der Waals surface area contributed by atoms with E-state index in [-0.39, 0.29) is 0 Å². The molecule has 3 aromatic carbocycles. The molecule has 1 heterocycles. The molecule has 1 aliphatic rings. The average Bonchev–Trinajstić information content (AvgIpc) is 2.62. The standard InChI is InChI=1S/C21H15BBr2/c23-20-6-3-14(4-7-20)18-10-19(13-22-12-18)16-1-2-17-11-21(24)8-5-15(17)9-16/h1-12,22H,13H2. The molecule has 0 aliphatic carbocycles. The van der Waals surface area contributed by atoms with Crippen molar-refractivity contribution >= 4 is 61.1 Å². The van der Waals surface area contributed by atoms with Crippen molar-refractivity contribution in [2.45, 2.75) is 6.32 Å². The van der Waals surface area contributed by atoms with E-state index in [0.29, 0.717) is 0 Å². The van der Waals surface area contributed by atoms with Crippen LogP contribution in [-0.2, 0) is 0 Å². The number of hydrogen-bond donors (Lipinski definition) is 0. The van der Waals surface area contributed by atoms with Gasteiger partial charge in [-0.1, -0.05) is 68.3 Å². The Labute approximate surface area is 159 Å². The summed E-state index contributed by atoms with van der Waals surface area (Å²) < 4.78 is 2.24. The second-order valence-corrected chi connectivity index (χ2v) is 7.91. The van der Waals surface area contributed by atoms with Gasteiger partial charge in [0.05, 0.1) is 0 Å². The second-order valence-electron chi connectivity index (χ2n) is 6.08. The third-order valence-electron chi connectivity index (χ3n) is 4.46. The van der Waals surface area contributed by atoms with Crippen LogP contribution in [0.4, 0.5) is 0 Å². The first-order chi connectivity index (χ1) is 11.7. The van der Waals surface area contributed by atoms with Crippen molar-refractivity contribution in [3.63, 3.8) is 0 Å². The first-order valence-corrected chi connectivity index (χ1v) is 9.64. The van der Waals surface area contributed by atoms with Gasteiger partial charge in [-0.3, -0.25) is 0 Å². The van der Waals surface area contributed by atoms with Crippen LogP contribution in [0.1, 0.15) is 11.1 Å². The molecule has 3 aromatic rings. The summed E-state index contributed by atoms with van der Waals surface area (Å²) in [5.41, 5.74) is 5.34. The SMILES string of the molecule is Brc1ccc(C2=CBCC(c3ccc4cc(Br)ccc4c3)=C2)cc1. The maximum atomic E-state index is 3.54. The highest BCUT2D eigenvalue weighted by molar-refractivity contribution is 9.10. The van der Waals surface area contributed by atoms with Crippen molar-refractivity contribution in [1.29, 1.82) is 0 Å².